The van der Waals surface area contributed by atoms with Gasteiger partial charge in [-0.3, -0.25) is 4.98 Å². The second kappa shape index (κ2) is 5.49. The Labute approximate surface area is 112 Å². The van der Waals surface area contributed by atoms with Crippen LogP contribution in [0.5, 0.6) is 0 Å². The minimum Gasteiger partial charge on any atom is -0.383 e. The molecular weight excluding hydrogens is 236 g/mol. The number of hydrogen-bond acceptors (Lipinski definition) is 4. The molecule has 2 aromatic rings. The van der Waals surface area contributed by atoms with E-state index in [1.165, 1.54) is 0 Å². The lowest BCUT2D eigenvalue weighted by Gasteiger charge is -2.15. The Bertz CT molecular complexity index is 627. The van der Waals surface area contributed by atoms with Crippen molar-refractivity contribution < 1.29 is 0 Å². The highest BCUT2D eigenvalue weighted by atomic mass is 14.8. The summed E-state index contributed by atoms with van der Waals surface area (Å²) in [6.07, 6.45) is 5.32. The first-order valence-corrected chi connectivity index (χ1v) is 6.28. The van der Waals surface area contributed by atoms with E-state index in [0.29, 0.717) is 11.4 Å². The number of nitrogens with zero attached hydrogens (tertiary/aromatic N) is 3. The number of aromatic nitrogens is 2. The van der Waals surface area contributed by atoms with Crippen LogP contribution in [-0.4, -0.2) is 9.97 Å². The zero-order valence-corrected chi connectivity index (χ0v) is 11.1. The van der Waals surface area contributed by atoms with E-state index in [0.717, 1.165) is 35.2 Å². The molecule has 0 atom stereocenters. The fraction of sp³-hybridized carbons (Fsp3) is 0.267. The first kappa shape index (κ1) is 13.0. The van der Waals surface area contributed by atoms with Crippen molar-refractivity contribution in [3.05, 3.63) is 41.3 Å². The van der Waals surface area contributed by atoms with Crippen LogP contribution < -0.4 is 5.73 Å². The van der Waals surface area contributed by atoms with Crippen LogP contribution in [0.1, 0.15) is 30.2 Å². The smallest absolute Gasteiger partial charge is 0.142 e. The summed E-state index contributed by atoms with van der Waals surface area (Å²) in [5, 5.41) is 9.36. The highest BCUT2D eigenvalue weighted by Crippen LogP contribution is 2.32. The minimum atomic E-state index is 0.298. The van der Waals surface area contributed by atoms with E-state index in [2.05, 4.69) is 23.0 Å². The number of nitrogen functional groups attached to an aromatic ring is 1. The predicted octanol–water partition coefficient (Wildman–Crippen LogP) is 2.86. The number of aryl methyl sites for hydroxylation is 1. The largest absolute Gasteiger partial charge is 0.383 e. The van der Waals surface area contributed by atoms with Gasteiger partial charge in [0.25, 0.3) is 0 Å². The summed E-state index contributed by atoms with van der Waals surface area (Å²) in [5.74, 6) is 0.298. The SMILES string of the molecule is CCCc1c(C)nc(N)c(C#N)c1-c1ccncc1. The Kier molecular flexibility index (Phi) is 3.76. The summed E-state index contributed by atoms with van der Waals surface area (Å²) in [7, 11) is 0. The van der Waals surface area contributed by atoms with Crippen LogP contribution in [0.25, 0.3) is 11.1 Å². The average Bonchev–Trinajstić information content (AvgIpc) is 2.42. The Morgan fingerprint density at radius 1 is 1.32 bits per heavy atom. The zero-order chi connectivity index (χ0) is 13.8. The normalized spacial score (nSPS) is 10.2. The molecule has 0 bridgehead atoms. The third-order valence-corrected chi connectivity index (χ3v) is 3.11. The summed E-state index contributed by atoms with van der Waals surface area (Å²) in [6, 6.07) is 5.97. The fourth-order valence-corrected chi connectivity index (χ4v) is 2.27. The monoisotopic (exact) mass is 252 g/mol. The van der Waals surface area contributed by atoms with Crippen molar-refractivity contribution in [2.45, 2.75) is 26.7 Å². The van der Waals surface area contributed by atoms with Gasteiger partial charge >= 0.3 is 0 Å². The summed E-state index contributed by atoms with van der Waals surface area (Å²) in [5.41, 5.74) is 10.2. The van der Waals surface area contributed by atoms with Gasteiger partial charge in [-0.1, -0.05) is 13.3 Å². The lowest BCUT2D eigenvalue weighted by molar-refractivity contribution is 0.901. The highest BCUT2D eigenvalue weighted by Gasteiger charge is 2.17. The van der Waals surface area contributed by atoms with E-state index in [1.54, 1.807) is 12.4 Å². The van der Waals surface area contributed by atoms with Gasteiger partial charge < -0.3 is 5.73 Å². The summed E-state index contributed by atoms with van der Waals surface area (Å²) >= 11 is 0. The Morgan fingerprint density at radius 3 is 2.58 bits per heavy atom. The quantitative estimate of drug-likeness (QED) is 0.911. The van der Waals surface area contributed by atoms with Crippen LogP contribution in [-0.2, 0) is 6.42 Å². The molecule has 2 aromatic heterocycles. The number of hydrogen-bond donors (Lipinski definition) is 1. The number of anilines is 1. The molecule has 2 N–H and O–H groups in total. The van der Waals surface area contributed by atoms with Crippen LogP contribution >= 0.6 is 0 Å². The summed E-state index contributed by atoms with van der Waals surface area (Å²) < 4.78 is 0. The van der Waals surface area contributed by atoms with Gasteiger partial charge in [-0.15, -0.1) is 0 Å². The lowest BCUT2D eigenvalue weighted by Crippen LogP contribution is -2.05. The summed E-state index contributed by atoms with van der Waals surface area (Å²) in [4.78, 5) is 8.31. The maximum Gasteiger partial charge on any atom is 0.142 e. The molecule has 96 valence electrons. The third-order valence-electron chi connectivity index (χ3n) is 3.11. The molecule has 0 saturated heterocycles. The third kappa shape index (κ3) is 2.41. The molecule has 0 aliphatic rings. The summed E-state index contributed by atoms with van der Waals surface area (Å²) in [6.45, 7) is 4.05. The van der Waals surface area contributed by atoms with E-state index < -0.39 is 0 Å². The fourth-order valence-electron chi connectivity index (χ4n) is 2.27. The van der Waals surface area contributed by atoms with Crippen LogP contribution in [0.2, 0.25) is 0 Å². The molecular formula is C15H16N4. The second-order valence-corrected chi connectivity index (χ2v) is 4.41. The van der Waals surface area contributed by atoms with Crippen LogP contribution in [0.3, 0.4) is 0 Å². The standard InChI is InChI=1S/C15H16N4/c1-3-4-12-10(2)19-15(17)13(9-16)14(12)11-5-7-18-8-6-11/h5-8H,3-4H2,1-2H3,(H2,17,19). The van der Waals surface area contributed by atoms with Gasteiger partial charge in [-0.05, 0) is 36.6 Å². The minimum absolute atomic E-state index is 0.298. The molecule has 0 saturated carbocycles. The Morgan fingerprint density at radius 2 is 2.00 bits per heavy atom. The lowest BCUT2D eigenvalue weighted by atomic mass is 9.92. The van der Waals surface area contributed by atoms with Crippen molar-refractivity contribution in [2.24, 2.45) is 0 Å². The number of nitriles is 1. The Hall–Kier alpha value is -2.41. The van der Waals surface area contributed by atoms with E-state index >= 15 is 0 Å². The van der Waals surface area contributed by atoms with Gasteiger partial charge in [0.2, 0.25) is 0 Å². The van der Waals surface area contributed by atoms with Crippen molar-refractivity contribution in [1.29, 1.82) is 5.26 Å². The molecule has 2 heterocycles. The molecule has 2 rings (SSSR count). The molecule has 0 aliphatic heterocycles. The van der Waals surface area contributed by atoms with Crippen LogP contribution in [0.4, 0.5) is 5.82 Å². The van der Waals surface area contributed by atoms with E-state index in [-0.39, 0.29) is 0 Å². The van der Waals surface area contributed by atoms with Gasteiger partial charge in [0.1, 0.15) is 17.5 Å². The maximum absolute atomic E-state index is 9.36. The molecule has 19 heavy (non-hydrogen) atoms. The molecule has 0 fully saturated rings. The maximum atomic E-state index is 9.36. The number of nitrogens with two attached hydrogens (primary N) is 1. The first-order chi connectivity index (χ1) is 9.19. The highest BCUT2D eigenvalue weighted by molar-refractivity contribution is 5.78. The molecule has 0 aliphatic carbocycles. The van der Waals surface area contributed by atoms with Crippen molar-refractivity contribution in [3.63, 3.8) is 0 Å². The number of rotatable bonds is 3. The molecule has 0 aromatic carbocycles. The molecule has 0 amide bonds. The molecule has 0 radical (unpaired) electrons. The molecule has 4 heteroatoms. The van der Waals surface area contributed by atoms with Crippen LogP contribution in [0.15, 0.2) is 24.5 Å². The molecule has 4 nitrogen and oxygen atoms in total. The first-order valence-electron chi connectivity index (χ1n) is 6.28. The van der Waals surface area contributed by atoms with Crippen LogP contribution in [0, 0.1) is 18.3 Å². The second-order valence-electron chi connectivity index (χ2n) is 4.41. The van der Waals surface area contributed by atoms with Crippen molar-refractivity contribution >= 4 is 5.82 Å². The van der Waals surface area contributed by atoms with Gasteiger partial charge in [0.05, 0.1) is 0 Å². The van der Waals surface area contributed by atoms with Crippen molar-refractivity contribution in [3.8, 4) is 17.2 Å². The topological polar surface area (TPSA) is 75.6 Å². The van der Waals surface area contributed by atoms with Gasteiger partial charge in [-0.25, -0.2) is 4.98 Å². The van der Waals surface area contributed by atoms with Gasteiger partial charge in [0.15, 0.2) is 0 Å². The van der Waals surface area contributed by atoms with E-state index in [1.807, 2.05) is 19.1 Å². The van der Waals surface area contributed by atoms with E-state index in [4.69, 9.17) is 5.73 Å². The van der Waals surface area contributed by atoms with Crippen molar-refractivity contribution in [2.75, 3.05) is 5.73 Å². The average molecular weight is 252 g/mol. The van der Waals surface area contributed by atoms with Crippen molar-refractivity contribution in [1.82, 2.24) is 9.97 Å². The van der Waals surface area contributed by atoms with Gasteiger partial charge in [-0.2, -0.15) is 5.26 Å². The molecule has 0 unspecified atom stereocenters. The molecule has 0 spiro atoms. The van der Waals surface area contributed by atoms with Gasteiger partial charge in [0, 0.05) is 23.7 Å². The predicted molar refractivity (Wildman–Crippen MR) is 75.3 cm³/mol. The van der Waals surface area contributed by atoms with E-state index in [9.17, 15) is 5.26 Å². The number of pyridine rings is 2. The Balaban J connectivity index is 2.78. The zero-order valence-electron chi connectivity index (χ0n) is 11.1.